The first-order chi connectivity index (χ1) is 8.55. The van der Waals surface area contributed by atoms with Crippen LogP contribution in [0, 0.1) is 0 Å². The fraction of sp³-hybridized carbons (Fsp3) is 0.231. The summed E-state index contributed by atoms with van der Waals surface area (Å²) in [5.41, 5.74) is 0.776. The highest BCUT2D eigenvalue weighted by molar-refractivity contribution is 5.96. The van der Waals surface area contributed by atoms with Gasteiger partial charge in [0, 0.05) is 6.92 Å². The summed E-state index contributed by atoms with van der Waals surface area (Å²) >= 11 is 0. The lowest BCUT2D eigenvalue weighted by Crippen LogP contribution is -2.37. The average Bonchev–Trinajstić information content (AvgIpc) is 2.66. The molecule has 1 heterocycles. The number of ether oxygens (including phenoxy) is 3. The first-order valence-corrected chi connectivity index (χ1v) is 5.33. The van der Waals surface area contributed by atoms with Gasteiger partial charge in [-0.1, -0.05) is 30.3 Å². The summed E-state index contributed by atoms with van der Waals surface area (Å²) in [7, 11) is 1.20. The Morgan fingerprint density at radius 1 is 1.28 bits per heavy atom. The second-order valence-electron chi connectivity index (χ2n) is 3.85. The van der Waals surface area contributed by atoms with Gasteiger partial charge in [0.15, 0.2) is 0 Å². The van der Waals surface area contributed by atoms with Crippen molar-refractivity contribution in [3.63, 3.8) is 0 Å². The maximum Gasteiger partial charge on any atom is 0.392 e. The molecule has 1 aliphatic rings. The summed E-state index contributed by atoms with van der Waals surface area (Å²) in [5.74, 6) is -3.17. The largest absolute Gasteiger partial charge is 0.463 e. The van der Waals surface area contributed by atoms with Gasteiger partial charge < -0.3 is 14.2 Å². The Labute approximate surface area is 104 Å². The zero-order valence-corrected chi connectivity index (χ0v) is 10.0. The average molecular weight is 248 g/mol. The summed E-state index contributed by atoms with van der Waals surface area (Å²) in [6.45, 7) is 1.34. The number of hydrogen-bond acceptors (Lipinski definition) is 5. The van der Waals surface area contributed by atoms with Gasteiger partial charge >= 0.3 is 17.7 Å². The zero-order chi connectivity index (χ0) is 13.2. The van der Waals surface area contributed by atoms with Gasteiger partial charge in [0.2, 0.25) is 5.76 Å². The molecule has 1 fully saturated rings. The summed E-state index contributed by atoms with van der Waals surface area (Å²) in [6, 6.07) is 9.11. The topological polar surface area (TPSA) is 61.8 Å². The lowest BCUT2D eigenvalue weighted by atomic mass is 10.2. The van der Waals surface area contributed by atoms with Gasteiger partial charge in [-0.05, 0) is 11.6 Å². The number of methoxy groups -OCH3 is 1. The molecule has 18 heavy (non-hydrogen) atoms. The van der Waals surface area contributed by atoms with Crippen LogP contribution in [0.2, 0.25) is 0 Å². The van der Waals surface area contributed by atoms with E-state index in [9.17, 15) is 9.59 Å². The standard InChI is InChI=1S/C13H12O5/c1-13(12(15)16-2)17-10(11(14)18-13)8-9-6-4-3-5-7-9/h3-8H,1-2H3/b10-8-/t13-/m0/s1. The van der Waals surface area contributed by atoms with E-state index in [1.54, 1.807) is 12.1 Å². The van der Waals surface area contributed by atoms with E-state index in [4.69, 9.17) is 9.47 Å². The predicted molar refractivity (Wildman–Crippen MR) is 62.0 cm³/mol. The van der Waals surface area contributed by atoms with E-state index in [-0.39, 0.29) is 5.76 Å². The van der Waals surface area contributed by atoms with E-state index in [0.717, 1.165) is 5.56 Å². The molecular weight excluding hydrogens is 236 g/mol. The Bertz CT molecular complexity index is 505. The number of cyclic esters (lactones) is 1. The van der Waals surface area contributed by atoms with Crippen molar-refractivity contribution < 1.29 is 23.8 Å². The minimum Gasteiger partial charge on any atom is -0.463 e. The molecule has 5 nitrogen and oxygen atoms in total. The summed E-state index contributed by atoms with van der Waals surface area (Å²) in [5, 5.41) is 0. The maximum atomic E-state index is 11.6. The Morgan fingerprint density at radius 3 is 2.56 bits per heavy atom. The molecule has 1 aliphatic heterocycles. The van der Waals surface area contributed by atoms with E-state index in [1.807, 2.05) is 18.2 Å². The SMILES string of the molecule is COC(=O)[C@]1(C)OC(=O)/C(=C/c2ccccc2)O1. The van der Waals surface area contributed by atoms with Crippen LogP contribution in [0.4, 0.5) is 0 Å². The summed E-state index contributed by atoms with van der Waals surface area (Å²) < 4.78 is 14.6. The summed E-state index contributed by atoms with van der Waals surface area (Å²) in [4.78, 5) is 23.0. The normalized spacial score (nSPS) is 24.6. The number of hydrogen-bond donors (Lipinski definition) is 0. The third-order valence-corrected chi connectivity index (χ3v) is 2.45. The fourth-order valence-corrected chi connectivity index (χ4v) is 1.56. The van der Waals surface area contributed by atoms with Gasteiger partial charge in [0.1, 0.15) is 0 Å². The second kappa shape index (κ2) is 4.52. The van der Waals surface area contributed by atoms with Crippen molar-refractivity contribution in [1.82, 2.24) is 0 Å². The molecule has 1 saturated heterocycles. The summed E-state index contributed by atoms with van der Waals surface area (Å²) in [6.07, 6.45) is 1.51. The van der Waals surface area contributed by atoms with Crippen molar-refractivity contribution in [2.75, 3.05) is 7.11 Å². The van der Waals surface area contributed by atoms with Gasteiger partial charge in [0.25, 0.3) is 0 Å². The highest BCUT2D eigenvalue weighted by Crippen LogP contribution is 2.29. The highest BCUT2D eigenvalue weighted by Gasteiger charge is 2.49. The quantitative estimate of drug-likeness (QED) is 0.586. The number of carbonyl (C=O) groups is 2. The molecule has 0 N–H and O–H groups in total. The minimum atomic E-state index is -1.70. The first-order valence-electron chi connectivity index (χ1n) is 5.33. The monoisotopic (exact) mass is 248 g/mol. The molecule has 0 amide bonds. The molecular formula is C13H12O5. The number of esters is 2. The molecule has 2 rings (SSSR count). The molecule has 0 aliphatic carbocycles. The Hall–Kier alpha value is -2.30. The molecule has 0 spiro atoms. The molecule has 0 bridgehead atoms. The molecule has 0 saturated carbocycles. The Balaban J connectivity index is 2.25. The fourth-order valence-electron chi connectivity index (χ4n) is 1.56. The molecule has 5 heteroatoms. The smallest absolute Gasteiger partial charge is 0.392 e. The lowest BCUT2D eigenvalue weighted by Gasteiger charge is -2.17. The van der Waals surface area contributed by atoms with Crippen LogP contribution < -0.4 is 0 Å². The van der Waals surface area contributed by atoms with Crippen molar-refractivity contribution in [2.45, 2.75) is 12.7 Å². The molecule has 0 unspecified atom stereocenters. The minimum absolute atomic E-state index is 0.0194. The van der Waals surface area contributed by atoms with Gasteiger partial charge in [0.05, 0.1) is 7.11 Å². The van der Waals surface area contributed by atoms with Gasteiger partial charge in [-0.3, -0.25) is 0 Å². The van der Waals surface area contributed by atoms with Crippen LogP contribution in [0.5, 0.6) is 0 Å². The van der Waals surface area contributed by atoms with Crippen molar-refractivity contribution in [3.8, 4) is 0 Å². The molecule has 0 aromatic heterocycles. The molecule has 94 valence electrons. The predicted octanol–water partition coefficient (Wildman–Crippen LogP) is 1.49. The van der Waals surface area contributed by atoms with Crippen LogP contribution in [0.15, 0.2) is 36.1 Å². The molecule has 1 aromatic carbocycles. The van der Waals surface area contributed by atoms with E-state index in [2.05, 4.69) is 4.74 Å². The Kier molecular flexibility index (Phi) is 3.06. The van der Waals surface area contributed by atoms with Crippen LogP contribution >= 0.6 is 0 Å². The van der Waals surface area contributed by atoms with Crippen LogP contribution in [-0.4, -0.2) is 24.8 Å². The van der Waals surface area contributed by atoms with E-state index >= 15 is 0 Å². The number of rotatable bonds is 2. The van der Waals surface area contributed by atoms with Gasteiger partial charge in [-0.2, -0.15) is 0 Å². The lowest BCUT2D eigenvalue weighted by molar-refractivity contribution is -0.198. The molecule has 1 atom stereocenters. The Morgan fingerprint density at radius 2 is 1.94 bits per heavy atom. The van der Waals surface area contributed by atoms with E-state index in [0.29, 0.717) is 0 Å². The molecule has 1 aromatic rings. The van der Waals surface area contributed by atoms with Crippen LogP contribution in [0.3, 0.4) is 0 Å². The van der Waals surface area contributed by atoms with Crippen molar-refractivity contribution in [1.29, 1.82) is 0 Å². The van der Waals surface area contributed by atoms with Crippen LogP contribution in [0.25, 0.3) is 6.08 Å². The van der Waals surface area contributed by atoms with Crippen LogP contribution in [0.1, 0.15) is 12.5 Å². The third-order valence-electron chi connectivity index (χ3n) is 2.45. The first kappa shape index (κ1) is 12.2. The number of carbonyl (C=O) groups excluding carboxylic acids is 2. The highest BCUT2D eigenvalue weighted by atomic mass is 16.8. The van der Waals surface area contributed by atoms with Crippen LogP contribution in [-0.2, 0) is 23.8 Å². The molecule has 0 radical (unpaired) electrons. The third kappa shape index (κ3) is 2.20. The van der Waals surface area contributed by atoms with Crippen molar-refractivity contribution in [2.24, 2.45) is 0 Å². The van der Waals surface area contributed by atoms with Gasteiger partial charge in [-0.25, -0.2) is 9.59 Å². The second-order valence-corrected chi connectivity index (χ2v) is 3.85. The maximum absolute atomic E-state index is 11.6. The van der Waals surface area contributed by atoms with E-state index in [1.165, 1.54) is 20.1 Å². The number of benzene rings is 1. The van der Waals surface area contributed by atoms with Crippen molar-refractivity contribution in [3.05, 3.63) is 41.7 Å². The van der Waals surface area contributed by atoms with Gasteiger partial charge in [-0.15, -0.1) is 0 Å². The zero-order valence-electron chi connectivity index (χ0n) is 10.0. The van der Waals surface area contributed by atoms with Crippen molar-refractivity contribution >= 4 is 18.0 Å². The van der Waals surface area contributed by atoms with E-state index < -0.39 is 17.7 Å².